The van der Waals surface area contributed by atoms with E-state index in [-0.39, 0.29) is 18.2 Å². The smallest absolute Gasteiger partial charge is 0.392 e. The zero-order chi connectivity index (χ0) is 25.3. The van der Waals surface area contributed by atoms with E-state index in [1.807, 2.05) is 24.3 Å². The highest BCUT2D eigenvalue weighted by Crippen LogP contribution is 2.49. The fourth-order valence-electron chi connectivity index (χ4n) is 4.99. The van der Waals surface area contributed by atoms with Crippen LogP contribution < -0.4 is 11.1 Å². The number of anilines is 2. The zero-order valence-electron chi connectivity index (χ0n) is 18.8. The minimum Gasteiger partial charge on any atom is -0.392 e. The van der Waals surface area contributed by atoms with Crippen LogP contribution in [0.4, 0.5) is 11.6 Å². The maximum absolute atomic E-state index is 12.8. The molecule has 0 amide bonds. The molecule has 5 rings (SSSR count). The molecule has 0 saturated heterocycles. The summed E-state index contributed by atoms with van der Waals surface area (Å²) in [5.41, 5.74) is 0.403. The minimum atomic E-state index is -2.27. The fourth-order valence-corrected chi connectivity index (χ4v) is 6.53. The lowest BCUT2D eigenvalue weighted by Gasteiger charge is -2.42. The lowest BCUT2D eigenvalue weighted by molar-refractivity contribution is 0.214. The standard InChI is InChI=1S/C23H22Cl2N6O4S/c24-16-5-2-4-15(20(16)25)13-7-9-23(17(11-13)36(33)34,21-30-31-22(32)35-21)12-14-3-1-6-18(27-14)28-19-8-10-26-29-19/h1-6,8,10,13,17H,7,9,11-12H2,(H,31,32)(H,33,34)(H2,26,27,28,29)/t13?,17-,23+/m1/s1. The largest absolute Gasteiger partial charge is 0.434 e. The second-order valence-corrected chi connectivity index (χ2v) is 10.6. The normalized spacial score (nSPS) is 22.9. The Hall–Kier alpha value is -2.99. The molecule has 4 N–H and O–H groups in total. The van der Waals surface area contributed by atoms with Crippen molar-refractivity contribution in [1.82, 2.24) is 25.4 Å². The van der Waals surface area contributed by atoms with E-state index < -0.39 is 27.5 Å². The van der Waals surface area contributed by atoms with E-state index in [0.29, 0.717) is 46.6 Å². The Labute approximate surface area is 218 Å². The predicted octanol–water partition coefficient (Wildman–Crippen LogP) is 4.57. The molecule has 4 atom stereocenters. The first kappa shape index (κ1) is 24.7. The van der Waals surface area contributed by atoms with Crippen molar-refractivity contribution in [2.75, 3.05) is 5.32 Å². The van der Waals surface area contributed by atoms with Crippen molar-refractivity contribution in [3.63, 3.8) is 0 Å². The van der Waals surface area contributed by atoms with Gasteiger partial charge in [0.05, 0.1) is 26.9 Å². The second-order valence-electron chi connectivity index (χ2n) is 8.74. The molecule has 1 saturated carbocycles. The molecule has 0 spiro atoms. The van der Waals surface area contributed by atoms with Gasteiger partial charge in [0.1, 0.15) is 11.6 Å². The van der Waals surface area contributed by atoms with E-state index in [1.165, 1.54) is 0 Å². The van der Waals surface area contributed by atoms with Crippen molar-refractivity contribution in [2.45, 2.75) is 42.3 Å². The van der Waals surface area contributed by atoms with Crippen LogP contribution in [0.15, 0.2) is 57.9 Å². The highest BCUT2D eigenvalue weighted by molar-refractivity contribution is 7.80. The lowest BCUT2D eigenvalue weighted by Crippen LogP contribution is -2.48. The maximum Gasteiger partial charge on any atom is 0.434 e. The number of rotatable bonds is 7. The molecule has 3 heterocycles. The molecule has 0 bridgehead atoms. The molecule has 3 aromatic heterocycles. The van der Waals surface area contributed by atoms with E-state index in [2.05, 4.69) is 30.7 Å². The third-order valence-electron chi connectivity index (χ3n) is 6.65. The molecule has 188 valence electrons. The average Bonchev–Trinajstić information content (AvgIpc) is 3.53. The first-order valence-corrected chi connectivity index (χ1v) is 13.1. The number of aromatic nitrogens is 5. The Kier molecular flexibility index (Phi) is 6.98. The van der Waals surface area contributed by atoms with Gasteiger partial charge in [-0.05, 0) is 48.9 Å². The predicted molar refractivity (Wildman–Crippen MR) is 136 cm³/mol. The second kappa shape index (κ2) is 10.2. The topological polar surface area (TPSA) is 150 Å². The number of hydrogen-bond acceptors (Lipinski definition) is 7. The molecular formula is C23H22Cl2N6O4S. The number of halogens is 2. The van der Waals surface area contributed by atoms with Gasteiger partial charge in [-0.15, -0.1) is 5.10 Å². The van der Waals surface area contributed by atoms with Gasteiger partial charge < -0.3 is 14.3 Å². The molecule has 4 aromatic rings. The summed E-state index contributed by atoms with van der Waals surface area (Å²) >= 11 is 10.4. The number of aromatic amines is 2. The van der Waals surface area contributed by atoms with E-state index in [4.69, 9.17) is 27.6 Å². The van der Waals surface area contributed by atoms with Gasteiger partial charge in [-0.3, -0.25) is 5.10 Å². The van der Waals surface area contributed by atoms with Crippen LogP contribution in [0.3, 0.4) is 0 Å². The van der Waals surface area contributed by atoms with E-state index in [1.54, 1.807) is 24.4 Å². The molecule has 36 heavy (non-hydrogen) atoms. The molecule has 1 aliphatic rings. The Bertz CT molecular complexity index is 1440. The van der Waals surface area contributed by atoms with Gasteiger partial charge in [0.25, 0.3) is 0 Å². The van der Waals surface area contributed by atoms with Gasteiger partial charge in [-0.2, -0.15) is 5.10 Å². The van der Waals surface area contributed by atoms with Gasteiger partial charge >= 0.3 is 5.76 Å². The number of benzene rings is 1. The Morgan fingerprint density at radius 1 is 1.19 bits per heavy atom. The third kappa shape index (κ3) is 4.83. The monoisotopic (exact) mass is 548 g/mol. The first-order chi connectivity index (χ1) is 17.4. The van der Waals surface area contributed by atoms with Gasteiger partial charge in [-0.25, -0.2) is 19.1 Å². The fraction of sp³-hybridized carbons (Fsp3) is 0.304. The lowest BCUT2D eigenvalue weighted by atomic mass is 9.66. The molecule has 10 nitrogen and oxygen atoms in total. The van der Waals surface area contributed by atoms with Crippen molar-refractivity contribution >= 4 is 45.9 Å². The molecule has 13 heteroatoms. The SMILES string of the molecule is O=c1[nH]nc([C@]2(Cc3cccc(Nc4ccn[nH]4)n3)CCC(c3cccc(Cl)c3Cl)C[C@H]2S(=O)O)o1. The molecule has 1 fully saturated rings. The van der Waals surface area contributed by atoms with Crippen molar-refractivity contribution in [3.05, 3.63) is 86.4 Å². The van der Waals surface area contributed by atoms with Gasteiger partial charge in [0.15, 0.2) is 11.1 Å². The summed E-state index contributed by atoms with van der Waals surface area (Å²) < 4.78 is 28.7. The Balaban J connectivity index is 1.52. The van der Waals surface area contributed by atoms with Crippen LogP contribution in [-0.4, -0.2) is 39.4 Å². The van der Waals surface area contributed by atoms with Crippen LogP contribution in [0.25, 0.3) is 0 Å². The highest BCUT2D eigenvalue weighted by atomic mass is 35.5. The van der Waals surface area contributed by atoms with Gasteiger partial charge in [-0.1, -0.05) is 41.4 Å². The quantitative estimate of drug-likeness (QED) is 0.245. The van der Waals surface area contributed by atoms with Crippen LogP contribution in [0.1, 0.15) is 42.3 Å². The summed E-state index contributed by atoms with van der Waals surface area (Å²) in [6.45, 7) is 0. The zero-order valence-corrected chi connectivity index (χ0v) is 21.1. The molecule has 2 unspecified atom stereocenters. The summed E-state index contributed by atoms with van der Waals surface area (Å²) in [6.07, 6.45) is 3.17. The van der Waals surface area contributed by atoms with Gasteiger partial charge in [0, 0.05) is 18.2 Å². The summed E-state index contributed by atoms with van der Waals surface area (Å²) in [5.74, 6) is 0.480. The van der Waals surface area contributed by atoms with Crippen LogP contribution in [0.2, 0.25) is 10.0 Å². The number of pyridine rings is 1. The van der Waals surface area contributed by atoms with Crippen LogP contribution in [-0.2, 0) is 22.9 Å². The molecular weight excluding hydrogens is 527 g/mol. The number of nitrogens with zero attached hydrogens (tertiary/aromatic N) is 3. The van der Waals surface area contributed by atoms with Crippen LogP contribution >= 0.6 is 23.2 Å². The Morgan fingerprint density at radius 3 is 2.75 bits per heavy atom. The maximum atomic E-state index is 12.8. The average molecular weight is 549 g/mol. The highest BCUT2D eigenvalue weighted by Gasteiger charge is 2.52. The minimum absolute atomic E-state index is 0.0873. The molecule has 1 aliphatic carbocycles. The van der Waals surface area contributed by atoms with Crippen LogP contribution in [0.5, 0.6) is 0 Å². The number of nitrogens with one attached hydrogen (secondary N) is 3. The van der Waals surface area contributed by atoms with E-state index in [0.717, 1.165) is 5.56 Å². The molecule has 0 radical (unpaired) electrons. The van der Waals surface area contributed by atoms with Crippen LogP contribution in [0, 0.1) is 0 Å². The van der Waals surface area contributed by atoms with Crippen molar-refractivity contribution in [1.29, 1.82) is 0 Å². The summed E-state index contributed by atoms with van der Waals surface area (Å²) in [4.78, 5) is 16.6. The van der Waals surface area contributed by atoms with Crippen molar-refractivity contribution < 1.29 is 13.2 Å². The van der Waals surface area contributed by atoms with Crippen molar-refractivity contribution in [2.24, 2.45) is 0 Å². The summed E-state index contributed by atoms with van der Waals surface area (Å²) in [7, 11) is 0. The molecule has 1 aromatic carbocycles. The van der Waals surface area contributed by atoms with Gasteiger partial charge in [0.2, 0.25) is 5.89 Å². The Morgan fingerprint density at radius 2 is 2.03 bits per heavy atom. The first-order valence-electron chi connectivity index (χ1n) is 11.2. The third-order valence-corrected chi connectivity index (χ3v) is 8.61. The number of hydrogen-bond donors (Lipinski definition) is 4. The van der Waals surface area contributed by atoms with E-state index in [9.17, 15) is 13.6 Å². The van der Waals surface area contributed by atoms with Crippen molar-refractivity contribution in [3.8, 4) is 0 Å². The molecule has 0 aliphatic heterocycles. The number of H-pyrrole nitrogens is 2. The van der Waals surface area contributed by atoms with E-state index >= 15 is 0 Å². The summed E-state index contributed by atoms with van der Waals surface area (Å²) in [6, 6.07) is 12.6. The summed E-state index contributed by atoms with van der Waals surface area (Å²) in [5, 5.41) is 16.3.